The van der Waals surface area contributed by atoms with Gasteiger partial charge in [-0.05, 0) is 36.4 Å². The first-order chi connectivity index (χ1) is 16.8. The average molecular weight is 508 g/mol. The predicted molar refractivity (Wildman–Crippen MR) is 136 cm³/mol. The molecule has 0 unspecified atom stereocenters. The number of benzene rings is 4. The monoisotopic (exact) mass is 507 g/mol. The number of aromatic carboxylic acids is 1. The number of nitrogens with one attached hydrogen (secondary N) is 1. The number of para-hydroxylation sites is 2. The van der Waals surface area contributed by atoms with Gasteiger partial charge in [-0.1, -0.05) is 72.8 Å². The number of carbonyl (C=O) groups is 1. The van der Waals surface area contributed by atoms with E-state index in [9.17, 15) is 17.8 Å². The zero-order valence-corrected chi connectivity index (χ0v) is 20.2. The minimum absolute atomic E-state index is 0.0229. The second-order valence-corrected chi connectivity index (χ2v) is 12.1. The predicted octanol–water partition coefficient (Wildman–Crippen LogP) is 4.54. The topological polar surface area (TPSA) is 110 Å². The van der Waals surface area contributed by atoms with Crippen LogP contribution < -0.4 is 20.1 Å². The van der Waals surface area contributed by atoms with E-state index in [1.54, 1.807) is 42.5 Å². The van der Waals surface area contributed by atoms with Crippen LogP contribution in [0.25, 0.3) is 0 Å². The fraction of sp³-hybridized carbons (Fsp3) is 0.0385. The normalized spacial score (nSPS) is 11.5. The van der Waals surface area contributed by atoms with E-state index in [4.69, 9.17) is 9.84 Å². The Hall–Kier alpha value is -3.87. The Morgan fingerprint density at radius 3 is 1.83 bits per heavy atom. The number of sulfonamides is 1. The summed E-state index contributed by atoms with van der Waals surface area (Å²) < 4.78 is 48.5. The number of hydrogen-bond donors (Lipinski definition) is 2. The average Bonchev–Trinajstić information content (AvgIpc) is 2.89. The number of carboxylic acid groups (broad SMARTS) is 1. The zero-order valence-electron chi connectivity index (χ0n) is 18.4. The number of rotatable bonds is 9. The van der Waals surface area contributed by atoms with Gasteiger partial charge in [-0.15, -0.1) is 0 Å². The van der Waals surface area contributed by atoms with Crippen LogP contribution in [0.2, 0.25) is 0 Å². The van der Waals surface area contributed by atoms with Crippen molar-refractivity contribution in [3.63, 3.8) is 0 Å². The first-order valence-electron chi connectivity index (χ1n) is 10.6. The quantitative estimate of drug-likeness (QED) is 0.322. The number of ether oxygens (including phenoxy) is 1. The molecule has 4 aromatic carbocycles. The third kappa shape index (κ3) is 5.45. The van der Waals surface area contributed by atoms with Crippen molar-refractivity contribution in [2.45, 2.75) is 4.90 Å². The lowest BCUT2D eigenvalue weighted by atomic mass is 10.2. The van der Waals surface area contributed by atoms with Crippen LogP contribution in [0.3, 0.4) is 0 Å². The number of hydrogen-bond acceptors (Lipinski definition) is 5. The molecule has 0 atom stereocenters. The largest absolute Gasteiger partial charge is 0.483 e. The molecule has 35 heavy (non-hydrogen) atoms. The van der Waals surface area contributed by atoms with E-state index in [1.165, 1.54) is 30.3 Å². The molecule has 0 heterocycles. The lowest BCUT2D eigenvalue weighted by molar-refractivity contribution is 0.0696. The Morgan fingerprint density at radius 2 is 1.29 bits per heavy atom. The summed E-state index contributed by atoms with van der Waals surface area (Å²) in [5.74, 6) is -0.938. The molecule has 0 fully saturated rings. The van der Waals surface area contributed by atoms with Gasteiger partial charge in [0.15, 0.2) is 7.14 Å². The fourth-order valence-electron chi connectivity index (χ4n) is 3.45. The highest BCUT2D eigenvalue weighted by Crippen LogP contribution is 2.44. The Morgan fingerprint density at radius 1 is 0.771 bits per heavy atom. The van der Waals surface area contributed by atoms with E-state index in [0.29, 0.717) is 10.6 Å². The van der Waals surface area contributed by atoms with Gasteiger partial charge >= 0.3 is 5.97 Å². The maximum atomic E-state index is 14.2. The maximum Gasteiger partial charge on any atom is 0.335 e. The molecule has 0 aliphatic rings. The molecule has 4 rings (SSSR count). The summed E-state index contributed by atoms with van der Waals surface area (Å²) in [7, 11) is -7.22. The third-order valence-electron chi connectivity index (χ3n) is 5.29. The van der Waals surface area contributed by atoms with E-state index < -0.39 is 23.1 Å². The van der Waals surface area contributed by atoms with Crippen LogP contribution in [0.1, 0.15) is 10.4 Å². The molecule has 7 nitrogen and oxygen atoms in total. The van der Waals surface area contributed by atoms with Crippen molar-refractivity contribution < 1.29 is 27.6 Å². The van der Waals surface area contributed by atoms with Crippen molar-refractivity contribution in [1.29, 1.82) is 0 Å². The van der Waals surface area contributed by atoms with Gasteiger partial charge in [0.2, 0.25) is 0 Å². The summed E-state index contributed by atoms with van der Waals surface area (Å²) >= 11 is 0. The number of anilines is 1. The van der Waals surface area contributed by atoms with Crippen LogP contribution >= 0.6 is 7.14 Å². The number of carboxylic acids is 1. The summed E-state index contributed by atoms with van der Waals surface area (Å²) in [6.07, 6.45) is -0.174. The molecular weight excluding hydrogens is 485 g/mol. The fourth-order valence-corrected chi connectivity index (χ4v) is 6.75. The molecule has 0 aliphatic carbocycles. The highest BCUT2D eigenvalue weighted by atomic mass is 32.2. The van der Waals surface area contributed by atoms with Gasteiger partial charge in [0.1, 0.15) is 12.1 Å². The standard InChI is InChI=1S/C26H22NO6PS/c28-26(29)20-15-17-23(18-16-20)35(31,32)27-24-13-7-8-14-25(24)33-19-34(30,21-9-3-1-4-10-21)22-11-5-2-6-12-22/h1-18,27H,19H2,(H,28,29). The van der Waals surface area contributed by atoms with Crippen molar-refractivity contribution >= 4 is 39.4 Å². The highest BCUT2D eigenvalue weighted by Gasteiger charge is 2.29. The van der Waals surface area contributed by atoms with Gasteiger partial charge in [0, 0.05) is 10.6 Å². The van der Waals surface area contributed by atoms with Gasteiger partial charge in [-0.3, -0.25) is 4.72 Å². The highest BCUT2D eigenvalue weighted by molar-refractivity contribution is 7.92. The van der Waals surface area contributed by atoms with Crippen molar-refractivity contribution in [2.75, 3.05) is 11.1 Å². The first kappa shape index (κ1) is 24.3. The van der Waals surface area contributed by atoms with Crippen molar-refractivity contribution in [2.24, 2.45) is 0 Å². The van der Waals surface area contributed by atoms with Gasteiger partial charge in [-0.2, -0.15) is 0 Å². The zero-order chi connectivity index (χ0) is 24.9. The molecule has 178 valence electrons. The molecule has 0 amide bonds. The van der Waals surface area contributed by atoms with E-state index in [-0.39, 0.29) is 28.2 Å². The van der Waals surface area contributed by atoms with Crippen LogP contribution in [-0.4, -0.2) is 25.8 Å². The minimum atomic E-state index is -4.03. The van der Waals surface area contributed by atoms with E-state index in [0.717, 1.165) is 0 Å². The lowest BCUT2D eigenvalue weighted by Crippen LogP contribution is -2.21. The molecule has 2 N–H and O–H groups in total. The van der Waals surface area contributed by atoms with Crippen LogP contribution in [0, 0.1) is 0 Å². The summed E-state index contributed by atoms with van der Waals surface area (Å²) in [4.78, 5) is 11.0. The molecular formula is C26H22NO6PS. The summed E-state index contributed by atoms with van der Waals surface area (Å²) in [5.41, 5.74) is 0.146. The van der Waals surface area contributed by atoms with E-state index in [1.807, 2.05) is 36.4 Å². The molecule has 0 aliphatic heterocycles. The van der Waals surface area contributed by atoms with Crippen LogP contribution in [0.4, 0.5) is 5.69 Å². The van der Waals surface area contributed by atoms with Crippen LogP contribution in [0.15, 0.2) is 114 Å². The molecule has 0 aromatic heterocycles. The summed E-state index contributed by atoms with van der Waals surface area (Å²) in [5, 5.41) is 10.3. The molecule has 4 aromatic rings. The molecule has 0 saturated heterocycles. The minimum Gasteiger partial charge on any atom is -0.483 e. The molecule has 0 radical (unpaired) electrons. The van der Waals surface area contributed by atoms with Crippen molar-refractivity contribution in [3.8, 4) is 5.75 Å². The Bertz CT molecular complexity index is 1430. The molecule has 0 saturated carbocycles. The first-order valence-corrected chi connectivity index (χ1v) is 14.0. The summed E-state index contributed by atoms with van der Waals surface area (Å²) in [6.45, 7) is 0. The Kier molecular flexibility index (Phi) is 7.05. The third-order valence-corrected chi connectivity index (χ3v) is 9.43. The smallest absolute Gasteiger partial charge is 0.335 e. The molecule has 0 spiro atoms. The van der Waals surface area contributed by atoms with Gasteiger partial charge in [0.05, 0.1) is 16.1 Å². The van der Waals surface area contributed by atoms with E-state index in [2.05, 4.69) is 4.72 Å². The second kappa shape index (κ2) is 10.2. The molecule has 9 heteroatoms. The summed E-state index contributed by atoms with van der Waals surface area (Å²) in [6, 6.07) is 29.4. The van der Waals surface area contributed by atoms with Crippen molar-refractivity contribution in [1.82, 2.24) is 0 Å². The van der Waals surface area contributed by atoms with E-state index >= 15 is 0 Å². The Balaban J connectivity index is 1.61. The van der Waals surface area contributed by atoms with Crippen LogP contribution in [0.5, 0.6) is 5.75 Å². The van der Waals surface area contributed by atoms with Crippen LogP contribution in [-0.2, 0) is 14.6 Å². The van der Waals surface area contributed by atoms with Gasteiger partial charge in [0.25, 0.3) is 10.0 Å². The second-order valence-electron chi connectivity index (χ2n) is 7.62. The maximum absolute atomic E-state index is 14.2. The van der Waals surface area contributed by atoms with Crippen molar-refractivity contribution in [3.05, 3.63) is 115 Å². The molecule has 0 bridgehead atoms. The Labute approximate surface area is 203 Å². The van der Waals surface area contributed by atoms with Gasteiger partial charge in [-0.25, -0.2) is 13.2 Å². The SMILES string of the molecule is O=C(O)c1ccc(S(=O)(=O)Nc2ccccc2OCP(=O)(c2ccccc2)c2ccccc2)cc1. The lowest BCUT2D eigenvalue weighted by Gasteiger charge is -2.21. The van der Waals surface area contributed by atoms with Gasteiger partial charge < -0.3 is 14.4 Å².